The van der Waals surface area contributed by atoms with Gasteiger partial charge >= 0.3 is 5.97 Å². The van der Waals surface area contributed by atoms with Gasteiger partial charge in [-0.3, -0.25) is 9.59 Å². The maximum absolute atomic E-state index is 12.8. The van der Waals surface area contributed by atoms with Gasteiger partial charge in [0.15, 0.2) is 5.78 Å². The Morgan fingerprint density at radius 1 is 1.32 bits per heavy atom. The van der Waals surface area contributed by atoms with Crippen LogP contribution in [0.1, 0.15) is 36.5 Å². The highest BCUT2D eigenvalue weighted by atomic mass is 19.1. The number of carbonyl (C=O) groups is 2. The third-order valence-corrected chi connectivity index (χ3v) is 2.75. The predicted octanol–water partition coefficient (Wildman–Crippen LogP) is 2.24. The van der Waals surface area contributed by atoms with E-state index in [1.165, 1.54) is 24.3 Å². The highest BCUT2D eigenvalue weighted by molar-refractivity contribution is 6.01. The van der Waals surface area contributed by atoms with Crippen molar-refractivity contribution in [2.75, 3.05) is 6.54 Å². The molecule has 0 amide bonds. The molecule has 0 heterocycles. The molecule has 19 heavy (non-hydrogen) atoms. The summed E-state index contributed by atoms with van der Waals surface area (Å²) in [6.07, 6.45) is 1.55. The smallest absolute Gasteiger partial charge is 0.305 e. The topological polar surface area (TPSA) is 66.4 Å². The number of carboxylic acids is 1. The number of Topliss-reactive ketones (excluding diaryl/α,β-unsaturated/α-hetero) is 1. The van der Waals surface area contributed by atoms with Gasteiger partial charge in [-0.2, -0.15) is 0 Å². The summed E-state index contributed by atoms with van der Waals surface area (Å²) in [7, 11) is 0. The van der Waals surface area contributed by atoms with E-state index in [4.69, 9.17) is 5.11 Å². The van der Waals surface area contributed by atoms with Crippen LogP contribution in [0.2, 0.25) is 0 Å². The molecular weight excluding hydrogens is 249 g/mol. The fourth-order valence-corrected chi connectivity index (χ4v) is 1.70. The summed E-state index contributed by atoms with van der Waals surface area (Å²) in [6, 6.07) is 4.35. The second-order valence-electron chi connectivity index (χ2n) is 4.33. The highest BCUT2D eigenvalue weighted by Crippen LogP contribution is 2.08. The molecule has 0 aliphatic rings. The van der Waals surface area contributed by atoms with Crippen LogP contribution < -0.4 is 5.32 Å². The minimum atomic E-state index is -1.04. The Hall–Kier alpha value is -1.75. The zero-order chi connectivity index (χ0) is 14.3. The van der Waals surface area contributed by atoms with E-state index in [9.17, 15) is 14.0 Å². The molecule has 1 aromatic rings. The van der Waals surface area contributed by atoms with Gasteiger partial charge in [-0.1, -0.05) is 13.3 Å². The Kier molecular flexibility index (Phi) is 6.15. The molecule has 0 radical (unpaired) electrons. The van der Waals surface area contributed by atoms with Crippen molar-refractivity contribution in [3.63, 3.8) is 0 Å². The number of hydrogen-bond acceptors (Lipinski definition) is 3. The Bertz CT molecular complexity index is 431. The number of carbonyl (C=O) groups excluding carboxylic acids is 1. The minimum absolute atomic E-state index is 0.278. The fraction of sp³-hybridized carbons (Fsp3) is 0.429. The van der Waals surface area contributed by atoms with E-state index in [-0.39, 0.29) is 12.2 Å². The van der Waals surface area contributed by atoms with Gasteiger partial charge in [-0.25, -0.2) is 4.39 Å². The number of unbranched alkanes of at least 4 members (excludes halogenated alkanes) is 1. The number of nitrogens with one attached hydrogen (secondary N) is 1. The molecule has 0 spiro atoms. The first-order valence-electron chi connectivity index (χ1n) is 6.29. The molecule has 104 valence electrons. The third-order valence-electron chi connectivity index (χ3n) is 2.75. The second kappa shape index (κ2) is 7.63. The minimum Gasteiger partial charge on any atom is -0.481 e. The van der Waals surface area contributed by atoms with E-state index in [0.717, 1.165) is 12.8 Å². The van der Waals surface area contributed by atoms with Crippen LogP contribution in [0.25, 0.3) is 0 Å². The molecule has 0 bridgehead atoms. The van der Waals surface area contributed by atoms with Crippen LogP contribution in [0, 0.1) is 5.82 Å². The van der Waals surface area contributed by atoms with E-state index in [0.29, 0.717) is 12.1 Å². The number of ketones is 1. The van der Waals surface area contributed by atoms with Crippen molar-refractivity contribution < 1.29 is 19.1 Å². The number of halogens is 1. The highest BCUT2D eigenvalue weighted by Gasteiger charge is 2.22. The SMILES string of the molecule is CCCCNC(CC(=O)O)C(=O)c1ccc(F)cc1. The summed E-state index contributed by atoms with van der Waals surface area (Å²) in [5.41, 5.74) is 0.316. The fourth-order valence-electron chi connectivity index (χ4n) is 1.70. The van der Waals surface area contributed by atoms with Crippen molar-refractivity contribution in [3.05, 3.63) is 35.6 Å². The van der Waals surface area contributed by atoms with E-state index >= 15 is 0 Å². The van der Waals surface area contributed by atoms with Crippen molar-refractivity contribution >= 4 is 11.8 Å². The number of benzene rings is 1. The van der Waals surface area contributed by atoms with E-state index in [1.807, 2.05) is 6.92 Å². The molecule has 1 atom stereocenters. The van der Waals surface area contributed by atoms with E-state index in [1.54, 1.807) is 0 Å². The number of carboxylic acid groups (broad SMARTS) is 1. The summed E-state index contributed by atoms with van der Waals surface area (Å²) < 4.78 is 12.8. The molecular formula is C14H18FNO3. The Morgan fingerprint density at radius 3 is 2.47 bits per heavy atom. The van der Waals surface area contributed by atoms with Gasteiger partial charge < -0.3 is 10.4 Å². The molecule has 1 unspecified atom stereocenters. The lowest BCUT2D eigenvalue weighted by Gasteiger charge is -2.15. The maximum atomic E-state index is 12.8. The van der Waals surface area contributed by atoms with Crippen molar-refractivity contribution in [2.45, 2.75) is 32.2 Å². The van der Waals surface area contributed by atoms with Crippen LogP contribution in [0.4, 0.5) is 4.39 Å². The third kappa shape index (κ3) is 5.18. The average Bonchev–Trinajstić information content (AvgIpc) is 2.37. The van der Waals surface area contributed by atoms with Crippen molar-refractivity contribution in [2.24, 2.45) is 0 Å². The van der Waals surface area contributed by atoms with Crippen LogP contribution in [-0.2, 0) is 4.79 Å². The van der Waals surface area contributed by atoms with E-state index < -0.39 is 17.8 Å². The monoisotopic (exact) mass is 267 g/mol. The molecule has 1 rings (SSSR count). The summed E-state index contributed by atoms with van der Waals surface area (Å²) in [5.74, 6) is -1.78. The Labute approximate surface area is 111 Å². The van der Waals surface area contributed by atoms with Gasteiger partial charge in [0.25, 0.3) is 0 Å². The van der Waals surface area contributed by atoms with Gasteiger partial charge in [0.05, 0.1) is 12.5 Å². The molecule has 4 nitrogen and oxygen atoms in total. The molecule has 0 saturated carbocycles. The average molecular weight is 267 g/mol. The summed E-state index contributed by atoms with van der Waals surface area (Å²) >= 11 is 0. The molecule has 5 heteroatoms. The van der Waals surface area contributed by atoms with Crippen LogP contribution in [0.3, 0.4) is 0 Å². The van der Waals surface area contributed by atoms with E-state index in [2.05, 4.69) is 5.32 Å². The van der Waals surface area contributed by atoms with Crippen molar-refractivity contribution in [3.8, 4) is 0 Å². The Balaban J connectivity index is 2.74. The lowest BCUT2D eigenvalue weighted by molar-refractivity contribution is -0.137. The number of hydrogen-bond donors (Lipinski definition) is 2. The van der Waals surface area contributed by atoms with Crippen molar-refractivity contribution in [1.82, 2.24) is 5.32 Å². The number of rotatable bonds is 8. The first kappa shape index (κ1) is 15.3. The molecule has 0 aliphatic carbocycles. The first-order valence-corrected chi connectivity index (χ1v) is 6.29. The van der Waals surface area contributed by atoms with Crippen LogP contribution in [-0.4, -0.2) is 29.4 Å². The van der Waals surface area contributed by atoms with Gasteiger partial charge in [-0.15, -0.1) is 0 Å². The first-order chi connectivity index (χ1) is 9.04. The van der Waals surface area contributed by atoms with Gasteiger partial charge in [0, 0.05) is 5.56 Å². The quantitative estimate of drug-likeness (QED) is 0.560. The standard InChI is InChI=1S/C14H18FNO3/c1-2-3-8-16-12(9-13(17)18)14(19)10-4-6-11(15)7-5-10/h4-7,12,16H,2-3,8-9H2,1H3,(H,17,18). The predicted molar refractivity (Wildman–Crippen MR) is 69.7 cm³/mol. The summed E-state index contributed by atoms with van der Waals surface area (Å²) in [5, 5.41) is 11.8. The van der Waals surface area contributed by atoms with Crippen LogP contribution in [0.5, 0.6) is 0 Å². The molecule has 0 fully saturated rings. The number of aliphatic carboxylic acids is 1. The molecule has 0 aromatic heterocycles. The van der Waals surface area contributed by atoms with Gasteiger partial charge in [-0.05, 0) is 37.2 Å². The molecule has 1 aromatic carbocycles. The summed E-state index contributed by atoms with van der Waals surface area (Å²) in [6.45, 7) is 2.59. The lowest BCUT2D eigenvalue weighted by Crippen LogP contribution is -2.39. The summed E-state index contributed by atoms with van der Waals surface area (Å²) in [4.78, 5) is 22.9. The molecule has 0 saturated heterocycles. The van der Waals surface area contributed by atoms with Gasteiger partial charge in [0.2, 0.25) is 0 Å². The van der Waals surface area contributed by atoms with Crippen LogP contribution >= 0.6 is 0 Å². The molecule has 2 N–H and O–H groups in total. The zero-order valence-corrected chi connectivity index (χ0v) is 10.9. The zero-order valence-electron chi connectivity index (χ0n) is 10.9. The maximum Gasteiger partial charge on any atom is 0.305 e. The normalized spacial score (nSPS) is 12.1. The molecule has 0 aliphatic heterocycles. The van der Waals surface area contributed by atoms with Crippen LogP contribution in [0.15, 0.2) is 24.3 Å². The Morgan fingerprint density at radius 2 is 1.95 bits per heavy atom. The van der Waals surface area contributed by atoms with Gasteiger partial charge in [0.1, 0.15) is 5.82 Å². The van der Waals surface area contributed by atoms with Crippen molar-refractivity contribution in [1.29, 1.82) is 0 Å². The largest absolute Gasteiger partial charge is 0.481 e. The second-order valence-corrected chi connectivity index (χ2v) is 4.33. The lowest BCUT2D eigenvalue weighted by atomic mass is 10.0.